The van der Waals surface area contributed by atoms with Crippen LogP contribution in [0.4, 0.5) is 11.4 Å². The average molecular weight is 410 g/mol. The van der Waals surface area contributed by atoms with Crippen LogP contribution >= 0.6 is 0 Å². The number of benzene rings is 4. The quantitative estimate of drug-likeness (QED) is 0.355. The van der Waals surface area contributed by atoms with Gasteiger partial charge in [0.05, 0.1) is 5.41 Å². The Bertz CT molecular complexity index is 1390. The van der Waals surface area contributed by atoms with Crippen molar-refractivity contribution in [3.63, 3.8) is 0 Å². The second-order valence-corrected chi connectivity index (χ2v) is 8.93. The monoisotopic (exact) mass is 409 g/mol. The number of allylic oxidation sites excluding steroid dienone is 4. The summed E-state index contributed by atoms with van der Waals surface area (Å²) in [6, 6.07) is 35.4. The fourth-order valence-electron chi connectivity index (χ4n) is 6.14. The van der Waals surface area contributed by atoms with Crippen LogP contribution in [-0.4, -0.2) is 0 Å². The van der Waals surface area contributed by atoms with Gasteiger partial charge in [0, 0.05) is 11.4 Å². The summed E-state index contributed by atoms with van der Waals surface area (Å²) in [5.74, 6) is 0. The Labute approximate surface area is 188 Å². The zero-order valence-electron chi connectivity index (χ0n) is 17.8. The van der Waals surface area contributed by atoms with E-state index in [1.54, 1.807) is 0 Å². The van der Waals surface area contributed by atoms with Gasteiger partial charge in [0.2, 0.25) is 0 Å². The second kappa shape index (κ2) is 6.58. The number of hydrogen-bond donors (Lipinski definition) is 1. The smallest absolute Gasteiger partial charge is 0.0722 e. The summed E-state index contributed by atoms with van der Waals surface area (Å²) in [4.78, 5) is 0. The van der Waals surface area contributed by atoms with Gasteiger partial charge in [0.15, 0.2) is 0 Å². The van der Waals surface area contributed by atoms with Gasteiger partial charge in [0.1, 0.15) is 0 Å². The van der Waals surface area contributed by atoms with Gasteiger partial charge in [-0.15, -0.1) is 0 Å². The first-order valence-corrected chi connectivity index (χ1v) is 11.4. The van der Waals surface area contributed by atoms with Gasteiger partial charge in [-0.1, -0.05) is 84.9 Å². The predicted octanol–water partition coefficient (Wildman–Crippen LogP) is 7.86. The number of para-hydroxylation sites is 1. The number of nitrogens with one attached hydrogen (secondary N) is 1. The highest BCUT2D eigenvalue weighted by Gasteiger charge is 2.52. The Hall–Kier alpha value is -3.84. The third-order valence-corrected chi connectivity index (χ3v) is 7.34. The highest BCUT2D eigenvalue weighted by molar-refractivity contribution is 5.96. The lowest BCUT2D eigenvalue weighted by molar-refractivity contribution is 0.781. The van der Waals surface area contributed by atoms with Crippen LogP contribution in [0.2, 0.25) is 0 Å². The standard InChI is InChI=1S/C31H23N/c1-2-10-21(11-3-1)32-22-18-19-26-25-14-6-9-17-29(25)31(30(26)20-22)27-15-7-4-12-23(27)24-13-5-8-16-28(24)31/h1-5,7-13,15-20,32H,6,14H2. The average Bonchev–Trinajstić information content (AvgIpc) is 3.32. The molecule has 1 nitrogen and oxygen atoms in total. The Morgan fingerprint density at radius 2 is 1.28 bits per heavy atom. The van der Waals surface area contributed by atoms with E-state index in [2.05, 4.69) is 115 Å². The summed E-state index contributed by atoms with van der Waals surface area (Å²) in [7, 11) is 0. The second-order valence-electron chi connectivity index (χ2n) is 8.93. The van der Waals surface area contributed by atoms with Crippen molar-refractivity contribution in [1.82, 2.24) is 0 Å². The Balaban J connectivity index is 1.53. The minimum Gasteiger partial charge on any atom is -0.356 e. The van der Waals surface area contributed by atoms with Crippen LogP contribution in [0.15, 0.2) is 115 Å². The molecule has 3 aliphatic carbocycles. The SMILES string of the molecule is C1=CC2=C(CC1)c1ccc(Nc3ccccc3)cc1C21c2ccccc2-c2ccccc21. The zero-order valence-corrected chi connectivity index (χ0v) is 17.8. The molecular weight excluding hydrogens is 386 g/mol. The lowest BCUT2D eigenvalue weighted by Crippen LogP contribution is -2.27. The summed E-state index contributed by atoms with van der Waals surface area (Å²) in [5, 5.41) is 3.63. The Morgan fingerprint density at radius 3 is 2.03 bits per heavy atom. The van der Waals surface area contributed by atoms with Gasteiger partial charge < -0.3 is 5.32 Å². The van der Waals surface area contributed by atoms with Gasteiger partial charge in [-0.2, -0.15) is 0 Å². The van der Waals surface area contributed by atoms with Crippen molar-refractivity contribution >= 4 is 16.9 Å². The molecule has 4 aromatic carbocycles. The molecule has 3 aliphatic rings. The first kappa shape index (κ1) is 17.8. The van der Waals surface area contributed by atoms with E-state index >= 15 is 0 Å². The lowest BCUT2D eigenvalue weighted by Gasteiger charge is -2.32. The summed E-state index contributed by atoms with van der Waals surface area (Å²) < 4.78 is 0. The molecule has 1 spiro atoms. The molecule has 7 rings (SSSR count). The maximum atomic E-state index is 3.63. The molecule has 0 fully saturated rings. The molecule has 152 valence electrons. The summed E-state index contributed by atoms with van der Waals surface area (Å²) in [5.41, 5.74) is 13.4. The van der Waals surface area contributed by atoms with Crippen molar-refractivity contribution in [2.75, 3.05) is 5.32 Å². The van der Waals surface area contributed by atoms with Crippen molar-refractivity contribution in [2.45, 2.75) is 18.3 Å². The molecule has 0 aromatic heterocycles. The molecule has 0 radical (unpaired) electrons. The minimum atomic E-state index is -0.233. The fraction of sp³-hybridized carbons (Fsp3) is 0.0968. The lowest BCUT2D eigenvalue weighted by atomic mass is 9.69. The van der Waals surface area contributed by atoms with E-state index in [4.69, 9.17) is 0 Å². The minimum absolute atomic E-state index is 0.233. The van der Waals surface area contributed by atoms with Crippen LogP contribution in [0, 0.1) is 0 Å². The van der Waals surface area contributed by atoms with Crippen molar-refractivity contribution < 1.29 is 0 Å². The van der Waals surface area contributed by atoms with Gasteiger partial charge in [-0.05, 0) is 81.6 Å². The highest BCUT2D eigenvalue weighted by Crippen LogP contribution is 2.63. The molecule has 0 heterocycles. The van der Waals surface area contributed by atoms with Gasteiger partial charge in [0.25, 0.3) is 0 Å². The molecule has 4 aromatic rings. The highest BCUT2D eigenvalue weighted by atomic mass is 14.9. The predicted molar refractivity (Wildman–Crippen MR) is 133 cm³/mol. The molecule has 0 bridgehead atoms. The molecule has 0 atom stereocenters. The van der Waals surface area contributed by atoms with E-state index in [-0.39, 0.29) is 5.41 Å². The first-order valence-electron chi connectivity index (χ1n) is 11.4. The topological polar surface area (TPSA) is 12.0 Å². The van der Waals surface area contributed by atoms with E-state index < -0.39 is 0 Å². The third-order valence-electron chi connectivity index (χ3n) is 7.34. The van der Waals surface area contributed by atoms with E-state index in [1.165, 1.54) is 44.5 Å². The van der Waals surface area contributed by atoms with E-state index in [1.807, 2.05) is 0 Å². The summed E-state index contributed by atoms with van der Waals surface area (Å²) >= 11 is 0. The Kier molecular flexibility index (Phi) is 3.66. The molecule has 1 heteroatoms. The van der Waals surface area contributed by atoms with Crippen molar-refractivity contribution in [2.24, 2.45) is 0 Å². The number of fused-ring (bicyclic) bond motifs is 9. The number of rotatable bonds is 2. The summed E-state index contributed by atoms with van der Waals surface area (Å²) in [6.07, 6.45) is 6.99. The molecule has 0 saturated heterocycles. The van der Waals surface area contributed by atoms with Crippen LogP contribution < -0.4 is 5.32 Å². The molecule has 32 heavy (non-hydrogen) atoms. The van der Waals surface area contributed by atoms with Crippen LogP contribution in [0.5, 0.6) is 0 Å². The Morgan fingerprint density at radius 1 is 0.594 bits per heavy atom. The summed E-state index contributed by atoms with van der Waals surface area (Å²) in [6.45, 7) is 0. The molecule has 0 aliphatic heterocycles. The van der Waals surface area contributed by atoms with E-state index in [9.17, 15) is 0 Å². The van der Waals surface area contributed by atoms with Crippen LogP contribution in [0.3, 0.4) is 0 Å². The molecule has 0 saturated carbocycles. The number of anilines is 2. The third kappa shape index (κ3) is 2.23. The largest absolute Gasteiger partial charge is 0.356 e. The van der Waals surface area contributed by atoms with Crippen LogP contribution in [-0.2, 0) is 5.41 Å². The van der Waals surface area contributed by atoms with Crippen molar-refractivity contribution in [1.29, 1.82) is 0 Å². The van der Waals surface area contributed by atoms with Crippen molar-refractivity contribution in [3.8, 4) is 11.1 Å². The molecule has 0 amide bonds. The zero-order chi connectivity index (χ0) is 21.1. The normalized spacial score (nSPS) is 16.5. The molecule has 1 N–H and O–H groups in total. The van der Waals surface area contributed by atoms with E-state index in [0.29, 0.717) is 0 Å². The molecule has 0 unspecified atom stereocenters. The van der Waals surface area contributed by atoms with Crippen molar-refractivity contribution in [3.05, 3.63) is 137 Å². The maximum Gasteiger partial charge on any atom is 0.0722 e. The fourth-order valence-corrected chi connectivity index (χ4v) is 6.14. The van der Waals surface area contributed by atoms with E-state index in [0.717, 1.165) is 24.2 Å². The van der Waals surface area contributed by atoms with Gasteiger partial charge >= 0.3 is 0 Å². The van der Waals surface area contributed by atoms with Gasteiger partial charge in [-0.25, -0.2) is 0 Å². The van der Waals surface area contributed by atoms with Crippen LogP contribution in [0.1, 0.15) is 35.1 Å². The first-order chi connectivity index (χ1) is 15.9. The van der Waals surface area contributed by atoms with Crippen LogP contribution in [0.25, 0.3) is 16.7 Å². The number of hydrogen-bond acceptors (Lipinski definition) is 1. The molecular formula is C31H23N. The maximum absolute atomic E-state index is 3.63. The van der Waals surface area contributed by atoms with Gasteiger partial charge in [-0.3, -0.25) is 0 Å².